The fraction of sp³-hybridized carbons (Fsp3) is 0.500. The van der Waals surface area contributed by atoms with Crippen LogP contribution in [-0.4, -0.2) is 35.7 Å². The van der Waals surface area contributed by atoms with Crippen LogP contribution in [0.2, 0.25) is 0 Å². The SMILES string of the molecule is CCOC1CC(N)C1NC(=O)c1cccnc1. The highest BCUT2D eigenvalue weighted by Gasteiger charge is 2.40. The first-order chi connectivity index (χ1) is 8.22. The molecular weight excluding hydrogens is 218 g/mol. The number of ether oxygens (including phenoxy) is 1. The monoisotopic (exact) mass is 235 g/mol. The van der Waals surface area contributed by atoms with Crippen molar-refractivity contribution in [3.8, 4) is 0 Å². The van der Waals surface area contributed by atoms with E-state index >= 15 is 0 Å². The van der Waals surface area contributed by atoms with E-state index in [1.165, 1.54) is 6.20 Å². The number of nitrogens with one attached hydrogen (secondary N) is 1. The Morgan fingerprint density at radius 3 is 3.12 bits per heavy atom. The lowest BCUT2D eigenvalue weighted by Gasteiger charge is -2.42. The van der Waals surface area contributed by atoms with Crippen LogP contribution in [0.25, 0.3) is 0 Å². The average molecular weight is 235 g/mol. The molecule has 3 unspecified atom stereocenters. The highest BCUT2D eigenvalue weighted by Crippen LogP contribution is 2.22. The van der Waals surface area contributed by atoms with Crippen LogP contribution in [0.3, 0.4) is 0 Å². The molecule has 5 heteroatoms. The number of hydrogen-bond donors (Lipinski definition) is 2. The summed E-state index contributed by atoms with van der Waals surface area (Å²) in [6.45, 7) is 2.57. The Hall–Kier alpha value is -1.46. The van der Waals surface area contributed by atoms with Crippen LogP contribution in [0.1, 0.15) is 23.7 Å². The third-order valence-electron chi connectivity index (χ3n) is 2.97. The summed E-state index contributed by atoms with van der Waals surface area (Å²) in [6.07, 6.45) is 4.01. The van der Waals surface area contributed by atoms with Gasteiger partial charge in [-0.05, 0) is 25.5 Å². The Morgan fingerprint density at radius 2 is 2.53 bits per heavy atom. The lowest BCUT2D eigenvalue weighted by Crippen LogP contribution is -2.64. The second-order valence-electron chi connectivity index (χ2n) is 4.13. The Bertz CT molecular complexity index is 381. The Morgan fingerprint density at radius 1 is 1.71 bits per heavy atom. The van der Waals surface area contributed by atoms with Crippen LogP contribution in [0.4, 0.5) is 0 Å². The number of amides is 1. The van der Waals surface area contributed by atoms with E-state index in [9.17, 15) is 4.79 Å². The van der Waals surface area contributed by atoms with Gasteiger partial charge in [0, 0.05) is 25.0 Å². The molecule has 0 radical (unpaired) electrons. The summed E-state index contributed by atoms with van der Waals surface area (Å²) < 4.78 is 5.49. The molecule has 1 aliphatic rings. The van der Waals surface area contributed by atoms with Gasteiger partial charge in [0.05, 0.1) is 17.7 Å². The fourth-order valence-corrected chi connectivity index (χ4v) is 1.96. The van der Waals surface area contributed by atoms with Crippen molar-refractivity contribution in [3.63, 3.8) is 0 Å². The zero-order valence-electron chi connectivity index (χ0n) is 9.80. The highest BCUT2D eigenvalue weighted by molar-refractivity contribution is 5.94. The number of carbonyl (C=O) groups excluding carboxylic acids is 1. The molecule has 1 saturated carbocycles. The van der Waals surface area contributed by atoms with E-state index in [2.05, 4.69) is 10.3 Å². The van der Waals surface area contributed by atoms with Crippen molar-refractivity contribution in [2.75, 3.05) is 6.61 Å². The number of nitrogens with zero attached hydrogens (tertiary/aromatic N) is 1. The molecule has 1 fully saturated rings. The third kappa shape index (κ3) is 2.62. The first-order valence-corrected chi connectivity index (χ1v) is 5.80. The summed E-state index contributed by atoms with van der Waals surface area (Å²) in [6, 6.07) is 3.34. The van der Waals surface area contributed by atoms with Gasteiger partial charge in [0.2, 0.25) is 0 Å². The lowest BCUT2D eigenvalue weighted by atomic mass is 9.83. The summed E-state index contributed by atoms with van der Waals surface area (Å²) >= 11 is 0. The second-order valence-corrected chi connectivity index (χ2v) is 4.13. The molecule has 17 heavy (non-hydrogen) atoms. The second kappa shape index (κ2) is 5.25. The molecule has 1 heterocycles. The van der Waals surface area contributed by atoms with Gasteiger partial charge in [-0.2, -0.15) is 0 Å². The van der Waals surface area contributed by atoms with Crippen molar-refractivity contribution in [1.29, 1.82) is 0 Å². The van der Waals surface area contributed by atoms with E-state index in [4.69, 9.17) is 10.5 Å². The van der Waals surface area contributed by atoms with Crippen molar-refractivity contribution in [3.05, 3.63) is 30.1 Å². The minimum absolute atomic E-state index is 0.0211. The van der Waals surface area contributed by atoms with Crippen molar-refractivity contribution in [1.82, 2.24) is 10.3 Å². The van der Waals surface area contributed by atoms with Crippen molar-refractivity contribution >= 4 is 5.91 Å². The normalized spacial score (nSPS) is 27.3. The number of carbonyl (C=O) groups is 1. The number of hydrogen-bond acceptors (Lipinski definition) is 4. The zero-order chi connectivity index (χ0) is 12.3. The van der Waals surface area contributed by atoms with Gasteiger partial charge in [0.1, 0.15) is 0 Å². The Balaban J connectivity index is 1.94. The van der Waals surface area contributed by atoms with Gasteiger partial charge in [0.15, 0.2) is 0 Å². The van der Waals surface area contributed by atoms with Gasteiger partial charge in [-0.15, -0.1) is 0 Å². The summed E-state index contributed by atoms with van der Waals surface area (Å²) in [5.41, 5.74) is 6.40. The number of pyridine rings is 1. The molecule has 0 bridgehead atoms. The van der Waals surface area contributed by atoms with E-state index in [1.807, 2.05) is 6.92 Å². The van der Waals surface area contributed by atoms with Crippen LogP contribution in [0, 0.1) is 0 Å². The molecule has 0 aliphatic heterocycles. The molecule has 0 aromatic carbocycles. The topological polar surface area (TPSA) is 77.2 Å². The van der Waals surface area contributed by atoms with Crippen molar-refractivity contribution in [2.24, 2.45) is 5.73 Å². The highest BCUT2D eigenvalue weighted by atomic mass is 16.5. The summed E-state index contributed by atoms with van der Waals surface area (Å²) in [5.74, 6) is -0.150. The molecule has 3 N–H and O–H groups in total. The molecule has 0 saturated heterocycles. The Labute approximate surface area is 100 Å². The summed E-state index contributed by atoms with van der Waals surface area (Å²) in [7, 11) is 0. The van der Waals surface area contributed by atoms with Crippen LogP contribution in [-0.2, 0) is 4.74 Å². The van der Waals surface area contributed by atoms with Gasteiger partial charge in [-0.25, -0.2) is 0 Å². The van der Waals surface area contributed by atoms with E-state index in [-0.39, 0.29) is 24.1 Å². The van der Waals surface area contributed by atoms with Crippen LogP contribution in [0.15, 0.2) is 24.5 Å². The summed E-state index contributed by atoms with van der Waals surface area (Å²) in [4.78, 5) is 15.8. The lowest BCUT2D eigenvalue weighted by molar-refractivity contribution is -0.0300. The molecule has 1 aromatic rings. The van der Waals surface area contributed by atoms with Crippen LogP contribution >= 0.6 is 0 Å². The molecule has 1 aliphatic carbocycles. The first kappa shape index (κ1) is 12.0. The molecule has 92 valence electrons. The Kier molecular flexibility index (Phi) is 3.71. The van der Waals surface area contributed by atoms with Gasteiger partial charge in [0.25, 0.3) is 5.91 Å². The number of nitrogens with two attached hydrogens (primary N) is 1. The minimum Gasteiger partial charge on any atom is -0.376 e. The first-order valence-electron chi connectivity index (χ1n) is 5.80. The maximum Gasteiger partial charge on any atom is 0.253 e. The third-order valence-corrected chi connectivity index (χ3v) is 2.97. The molecule has 3 atom stereocenters. The molecule has 0 spiro atoms. The van der Waals surface area contributed by atoms with Crippen LogP contribution < -0.4 is 11.1 Å². The quantitative estimate of drug-likeness (QED) is 0.787. The maximum atomic E-state index is 11.9. The van der Waals surface area contributed by atoms with E-state index in [1.54, 1.807) is 18.3 Å². The molecule has 5 nitrogen and oxygen atoms in total. The van der Waals surface area contributed by atoms with Gasteiger partial charge >= 0.3 is 0 Å². The average Bonchev–Trinajstić information content (AvgIpc) is 2.36. The van der Waals surface area contributed by atoms with E-state index < -0.39 is 0 Å². The fourth-order valence-electron chi connectivity index (χ4n) is 1.96. The summed E-state index contributed by atoms with van der Waals surface area (Å²) in [5, 5.41) is 2.89. The molecule has 1 amide bonds. The van der Waals surface area contributed by atoms with Gasteiger partial charge in [-0.3, -0.25) is 9.78 Å². The van der Waals surface area contributed by atoms with Gasteiger partial charge in [-0.1, -0.05) is 0 Å². The molecular formula is C12H17N3O2. The predicted molar refractivity (Wildman–Crippen MR) is 63.5 cm³/mol. The standard InChI is InChI=1S/C12H17N3O2/c1-2-17-10-6-9(13)11(10)15-12(16)8-4-3-5-14-7-8/h3-5,7,9-11H,2,6,13H2,1H3,(H,15,16). The molecule has 1 aromatic heterocycles. The van der Waals surface area contributed by atoms with Crippen LogP contribution in [0.5, 0.6) is 0 Å². The van der Waals surface area contributed by atoms with E-state index in [0.717, 1.165) is 6.42 Å². The van der Waals surface area contributed by atoms with Crippen molar-refractivity contribution in [2.45, 2.75) is 31.5 Å². The maximum absolute atomic E-state index is 11.9. The number of rotatable bonds is 4. The number of aromatic nitrogens is 1. The molecule has 2 rings (SSSR count). The zero-order valence-corrected chi connectivity index (χ0v) is 9.80. The predicted octanol–water partition coefficient (Wildman–Crippen LogP) is 0.316. The van der Waals surface area contributed by atoms with E-state index in [0.29, 0.717) is 12.2 Å². The smallest absolute Gasteiger partial charge is 0.253 e. The van der Waals surface area contributed by atoms with Gasteiger partial charge < -0.3 is 15.8 Å². The largest absolute Gasteiger partial charge is 0.376 e. The van der Waals surface area contributed by atoms with Crippen molar-refractivity contribution < 1.29 is 9.53 Å². The minimum atomic E-state index is -0.150.